The highest BCUT2D eigenvalue weighted by atomic mass is 19.4. The van der Waals surface area contributed by atoms with E-state index < -0.39 is 17.7 Å². The molecule has 0 fully saturated rings. The molecule has 6 heteroatoms. The molecule has 0 bridgehead atoms. The van der Waals surface area contributed by atoms with Crippen molar-refractivity contribution in [1.82, 2.24) is 0 Å². The van der Waals surface area contributed by atoms with E-state index in [0.29, 0.717) is 11.1 Å². The third-order valence-corrected chi connectivity index (χ3v) is 3.78. The minimum atomic E-state index is -4.82. The maximum Gasteiger partial charge on any atom is 0.421 e. The van der Waals surface area contributed by atoms with E-state index in [-0.39, 0.29) is 23.0 Å². The topological polar surface area (TPSA) is 63.3 Å². The molecule has 0 spiro atoms. The SMILES string of the molecule is CC(C)c1c(C(N)=O)ccc(C(C)(O)C(F)(F)F)c1C(C)C. The van der Waals surface area contributed by atoms with E-state index >= 15 is 0 Å². The van der Waals surface area contributed by atoms with Crippen LogP contribution in [0.25, 0.3) is 0 Å². The van der Waals surface area contributed by atoms with Crippen molar-refractivity contribution in [2.24, 2.45) is 5.73 Å². The second-order valence-corrected chi connectivity index (χ2v) is 6.23. The fourth-order valence-electron chi connectivity index (χ4n) is 2.67. The standard InChI is InChI=1S/C16H22F3NO2/c1-8(2)12-10(14(20)21)6-7-11(13(12)9(3)4)15(5,22)16(17,18)19/h6-9,22H,1-5H3,(H2,20,21). The van der Waals surface area contributed by atoms with Gasteiger partial charge in [-0.3, -0.25) is 4.79 Å². The predicted octanol–water partition coefficient (Wildman–Crippen LogP) is 3.80. The van der Waals surface area contributed by atoms with Gasteiger partial charge in [-0.15, -0.1) is 0 Å². The predicted molar refractivity (Wildman–Crippen MR) is 78.8 cm³/mol. The summed E-state index contributed by atoms with van der Waals surface area (Å²) in [7, 11) is 0. The first-order chi connectivity index (χ1) is 9.82. The maximum atomic E-state index is 13.2. The van der Waals surface area contributed by atoms with E-state index in [2.05, 4.69) is 0 Å². The molecule has 0 aliphatic heterocycles. The van der Waals surface area contributed by atoms with Crippen molar-refractivity contribution in [2.45, 2.75) is 58.2 Å². The molecule has 0 aromatic heterocycles. The lowest BCUT2D eigenvalue weighted by atomic mass is 9.78. The molecule has 1 unspecified atom stereocenters. The summed E-state index contributed by atoms with van der Waals surface area (Å²) >= 11 is 0. The first kappa shape index (κ1) is 18.5. The van der Waals surface area contributed by atoms with Crippen LogP contribution >= 0.6 is 0 Å². The highest BCUT2D eigenvalue weighted by Gasteiger charge is 2.52. The lowest BCUT2D eigenvalue weighted by Gasteiger charge is -2.32. The minimum Gasteiger partial charge on any atom is -0.376 e. The summed E-state index contributed by atoms with van der Waals surface area (Å²) in [5.41, 5.74) is 3.10. The number of hydrogen-bond acceptors (Lipinski definition) is 2. The number of amides is 1. The van der Waals surface area contributed by atoms with Gasteiger partial charge in [0.15, 0.2) is 5.60 Å². The van der Waals surface area contributed by atoms with Gasteiger partial charge in [-0.05, 0) is 41.5 Å². The van der Waals surface area contributed by atoms with Gasteiger partial charge in [0.1, 0.15) is 0 Å². The van der Waals surface area contributed by atoms with Gasteiger partial charge in [-0.25, -0.2) is 0 Å². The summed E-state index contributed by atoms with van der Waals surface area (Å²) in [4.78, 5) is 11.6. The van der Waals surface area contributed by atoms with Crippen LogP contribution in [0.4, 0.5) is 13.2 Å². The van der Waals surface area contributed by atoms with Crippen molar-refractivity contribution in [3.8, 4) is 0 Å². The molecule has 3 nitrogen and oxygen atoms in total. The van der Waals surface area contributed by atoms with Crippen LogP contribution in [-0.2, 0) is 5.60 Å². The minimum absolute atomic E-state index is 0.195. The van der Waals surface area contributed by atoms with Gasteiger partial charge in [0, 0.05) is 5.56 Å². The molecule has 0 saturated heterocycles. The van der Waals surface area contributed by atoms with Crippen LogP contribution in [0.5, 0.6) is 0 Å². The molecule has 0 heterocycles. The Labute approximate surface area is 128 Å². The number of rotatable bonds is 4. The van der Waals surface area contributed by atoms with Crippen molar-refractivity contribution >= 4 is 5.91 Å². The molecular weight excluding hydrogens is 295 g/mol. The number of benzene rings is 1. The van der Waals surface area contributed by atoms with Crippen LogP contribution in [0.2, 0.25) is 0 Å². The van der Waals surface area contributed by atoms with Gasteiger partial charge < -0.3 is 10.8 Å². The molecule has 1 rings (SSSR count). The lowest BCUT2D eigenvalue weighted by molar-refractivity contribution is -0.259. The van der Waals surface area contributed by atoms with Crippen molar-refractivity contribution in [2.75, 3.05) is 0 Å². The zero-order valence-electron chi connectivity index (χ0n) is 13.4. The quantitative estimate of drug-likeness (QED) is 0.887. The third-order valence-electron chi connectivity index (χ3n) is 3.78. The highest BCUT2D eigenvalue weighted by Crippen LogP contribution is 2.44. The molecule has 3 N–H and O–H groups in total. The Morgan fingerprint density at radius 1 is 1.09 bits per heavy atom. The Morgan fingerprint density at radius 3 is 1.86 bits per heavy atom. The number of nitrogens with two attached hydrogens (primary N) is 1. The van der Waals surface area contributed by atoms with E-state index in [1.807, 2.05) is 0 Å². The van der Waals surface area contributed by atoms with Crippen molar-refractivity contribution < 1.29 is 23.1 Å². The molecular formula is C16H22F3NO2. The van der Waals surface area contributed by atoms with Crippen LogP contribution in [0.1, 0.15) is 73.5 Å². The van der Waals surface area contributed by atoms with Crippen LogP contribution < -0.4 is 5.73 Å². The summed E-state index contributed by atoms with van der Waals surface area (Å²) in [6.07, 6.45) is -4.82. The van der Waals surface area contributed by atoms with E-state index in [0.717, 1.165) is 13.0 Å². The number of aliphatic hydroxyl groups is 1. The molecule has 1 aromatic carbocycles. The highest BCUT2D eigenvalue weighted by molar-refractivity contribution is 5.95. The Balaban J connectivity index is 3.83. The Hall–Kier alpha value is -1.56. The molecule has 0 radical (unpaired) electrons. The molecule has 1 atom stereocenters. The first-order valence-corrected chi connectivity index (χ1v) is 7.08. The molecule has 0 saturated carbocycles. The Morgan fingerprint density at radius 2 is 1.55 bits per heavy atom. The van der Waals surface area contributed by atoms with Gasteiger partial charge in [-0.1, -0.05) is 33.8 Å². The molecule has 0 aliphatic carbocycles. The maximum absolute atomic E-state index is 13.2. The third kappa shape index (κ3) is 3.11. The second-order valence-electron chi connectivity index (χ2n) is 6.23. The monoisotopic (exact) mass is 317 g/mol. The largest absolute Gasteiger partial charge is 0.421 e. The van der Waals surface area contributed by atoms with E-state index in [1.54, 1.807) is 27.7 Å². The van der Waals surface area contributed by atoms with Gasteiger partial charge in [0.25, 0.3) is 0 Å². The summed E-state index contributed by atoms with van der Waals surface area (Å²) in [5.74, 6) is -1.20. The Kier molecular flexibility index (Phi) is 4.97. The molecule has 1 amide bonds. The number of carbonyl (C=O) groups is 1. The van der Waals surface area contributed by atoms with E-state index in [4.69, 9.17) is 5.73 Å². The zero-order chi connectivity index (χ0) is 17.5. The van der Waals surface area contributed by atoms with Crippen LogP contribution in [-0.4, -0.2) is 17.2 Å². The summed E-state index contributed by atoms with van der Waals surface area (Å²) in [6, 6.07) is 2.41. The normalized spacial score (nSPS) is 15.2. The molecule has 22 heavy (non-hydrogen) atoms. The number of carbonyl (C=O) groups excluding carboxylic acids is 1. The van der Waals surface area contributed by atoms with Gasteiger partial charge in [0.05, 0.1) is 0 Å². The van der Waals surface area contributed by atoms with Crippen molar-refractivity contribution in [3.05, 3.63) is 34.4 Å². The van der Waals surface area contributed by atoms with Crippen LogP contribution in [0.3, 0.4) is 0 Å². The lowest BCUT2D eigenvalue weighted by Crippen LogP contribution is -2.40. The number of alkyl halides is 3. The second kappa shape index (κ2) is 5.91. The number of halogens is 3. The average Bonchev–Trinajstić information content (AvgIpc) is 2.34. The van der Waals surface area contributed by atoms with Gasteiger partial charge in [0.2, 0.25) is 5.91 Å². The van der Waals surface area contributed by atoms with E-state index in [9.17, 15) is 23.1 Å². The smallest absolute Gasteiger partial charge is 0.376 e. The Bertz CT molecular complexity index is 575. The number of hydrogen-bond donors (Lipinski definition) is 2. The first-order valence-electron chi connectivity index (χ1n) is 7.08. The van der Waals surface area contributed by atoms with Gasteiger partial charge in [-0.2, -0.15) is 13.2 Å². The fourth-order valence-corrected chi connectivity index (χ4v) is 2.67. The van der Waals surface area contributed by atoms with Crippen molar-refractivity contribution in [1.29, 1.82) is 0 Å². The molecule has 124 valence electrons. The summed E-state index contributed by atoms with van der Waals surface area (Å²) in [5, 5.41) is 10.0. The summed E-state index contributed by atoms with van der Waals surface area (Å²) < 4.78 is 39.6. The fraction of sp³-hybridized carbons (Fsp3) is 0.562. The zero-order valence-corrected chi connectivity index (χ0v) is 13.4. The van der Waals surface area contributed by atoms with Crippen molar-refractivity contribution in [3.63, 3.8) is 0 Å². The molecule has 1 aromatic rings. The average molecular weight is 317 g/mol. The van der Waals surface area contributed by atoms with Gasteiger partial charge >= 0.3 is 6.18 Å². The molecule has 0 aliphatic rings. The summed E-state index contributed by atoms with van der Waals surface area (Å²) in [6.45, 7) is 7.73. The number of primary amides is 1. The van der Waals surface area contributed by atoms with Crippen LogP contribution in [0.15, 0.2) is 12.1 Å². The van der Waals surface area contributed by atoms with E-state index in [1.165, 1.54) is 6.07 Å². The van der Waals surface area contributed by atoms with Crippen LogP contribution in [0, 0.1) is 0 Å².